The molecule has 1 fully saturated rings. The quantitative estimate of drug-likeness (QED) is 0.0351. The van der Waals surface area contributed by atoms with Crippen LogP contribution in [0, 0.1) is 5.41 Å². The predicted octanol–water partition coefficient (Wildman–Crippen LogP) is 1.97. The summed E-state index contributed by atoms with van der Waals surface area (Å²) in [6.07, 6.45) is 4.08. The molecule has 0 radical (unpaired) electrons. The zero-order valence-electron chi connectivity index (χ0n) is 33.2. The van der Waals surface area contributed by atoms with Crippen molar-refractivity contribution >= 4 is 69.1 Å². The standard InChI is InChI=1S/C32H54N7O17P3S/c1-4-5-6-7-8-9-10-11-12-23(41)60-16-15-34-22(40)13-14-35-30(44)27(43)32(2,3)18-53-59(50,51)56-58(48,49)52-17-21-26(55-57(45,46)47)25(42)31(54-21)39-20-38-24-28(33)36-19-37-29(24)39/h10-11,19-21,25-27,31,42-43H,4-9,12-18H2,1-3H3,(H,34,40)(H,35,44)(H,48,49)(H,50,51)(H2,33,36,37)(H2,45,46,47)/b11-10+/t21-,25-,26-,27+,31-/m1/s1. The van der Waals surface area contributed by atoms with E-state index in [1.807, 2.05) is 12.2 Å². The molecule has 2 unspecified atom stereocenters. The van der Waals surface area contributed by atoms with Crippen molar-refractivity contribution < 1.29 is 80.5 Å². The van der Waals surface area contributed by atoms with Crippen LogP contribution in [0.15, 0.2) is 24.8 Å². The number of nitrogens with two attached hydrogens (primary N) is 1. The number of amides is 2. The van der Waals surface area contributed by atoms with Gasteiger partial charge >= 0.3 is 23.5 Å². The van der Waals surface area contributed by atoms with E-state index in [-0.39, 0.29) is 41.6 Å². The van der Waals surface area contributed by atoms with Gasteiger partial charge in [-0.3, -0.25) is 32.5 Å². The number of allylic oxidation sites excluding steroid dienone is 2. The molecule has 2 aromatic heterocycles. The van der Waals surface area contributed by atoms with Crippen LogP contribution in [-0.2, 0) is 50.7 Å². The van der Waals surface area contributed by atoms with Crippen LogP contribution in [0.4, 0.5) is 5.82 Å². The highest BCUT2D eigenvalue weighted by molar-refractivity contribution is 8.13. The molecular weight excluding hydrogens is 879 g/mol. The molecule has 340 valence electrons. The Morgan fingerprint density at radius 1 is 1.02 bits per heavy atom. The average Bonchev–Trinajstić information content (AvgIpc) is 3.72. The number of phosphoric acid groups is 3. The fourth-order valence-corrected chi connectivity index (χ4v) is 8.99. The van der Waals surface area contributed by atoms with Crippen LogP contribution in [0.5, 0.6) is 0 Å². The number of rotatable bonds is 27. The van der Waals surface area contributed by atoms with Crippen molar-refractivity contribution in [1.29, 1.82) is 0 Å². The van der Waals surface area contributed by atoms with Gasteiger partial charge in [0.05, 0.1) is 19.5 Å². The van der Waals surface area contributed by atoms with E-state index in [9.17, 15) is 57.9 Å². The van der Waals surface area contributed by atoms with Crippen molar-refractivity contribution in [2.45, 2.75) is 103 Å². The molecule has 3 rings (SSSR count). The summed E-state index contributed by atoms with van der Waals surface area (Å²) in [5.41, 5.74) is 4.27. The lowest BCUT2D eigenvalue weighted by Crippen LogP contribution is -2.46. The first-order valence-electron chi connectivity index (χ1n) is 18.8. The van der Waals surface area contributed by atoms with Crippen molar-refractivity contribution in [1.82, 2.24) is 30.2 Å². The first-order valence-corrected chi connectivity index (χ1v) is 24.3. The number of ether oxygens (including phenoxy) is 1. The number of nitrogens with zero attached hydrogens (tertiary/aromatic N) is 4. The number of phosphoric ester groups is 3. The second-order valence-electron chi connectivity index (χ2n) is 14.2. The van der Waals surface area contributed by atoms with Crippen molar-refractivity contribution in [3.63, 3.8) is 0 Å². The lowest BCUT2D eigenvalue weighted by Gasteiger charge is -2.30. The second-order valence-corrected chi connectivity index (χ2v) is 19.6. The number of nitrogen functional groups attached to an aromatic ring is 1. The van der Waals surface area contributed by atoms with Crippen molar-refractivity contribution in [3.05, 3.63) is 24.8 Å². The van der Waals surface area contributed by atoms with Gasteiger partial charge in [0.2, 0.25) is 11.8 Å². The first kappa shape index (κ1) is 51.6. The Balaban J connectivity index is 1.41. The number of hydrogen-bond donors (Lipinski definition) is 9. The number of nitrogens with one attached hydrogen (secondary N) is 2. The van der Waals surface area contributed by atoms with Crippen molar-refractivity contribution in [2.75, 3.05) is 37.8 Å². The van der Waals surface area contributed by atoms with E-state index in [0.717, 1.165) is 41.8 Å². The molecular formula is C32H54N7O17P3S. The van der Waals surface area contributed by atoms with Gasteiger partial charge in [-0.05, 0) is 12.8 Å². The molecule has 2 amide bonds. The van der Waals surface area contributed by atoms with Gasteiger partial charge in [0.1, 0.15) is 36.3 Å². The summed E-state index contributed by atoms with van der Waals surface area (Å²) in [6.45, 7) is 2.68. The van der Waals surface area contributed by atoms with Crippen LogP contribution in [0.2, 0.25) is 0 Å². The number of aliphatic hydroxyl groups excluding tert-OH is 2. The van der Waals surface area contributed by atoms with Crippen molar-refractivity contribution in [2.24, 2.45) is 5.41 Å². The normalized spacial score (nSPS) is 21.1. The van der Waals surface area contributed by atoms with Gasteiger partial charge in [-0.15, -0.1) is 0 Å². The van der Waals surface area contributed by atoms with Gasteiger partial charge in [0.15, 0.2) is 22.8 Å². The lowest BCUT2D eigenvalue weighted by atomic mass is 9.87. The minimum Gasteiger partial charge on any atom is -0.386 e. The topological polar surface area (TPSA) is 364 Å². The third-order valence-corrected chi connectivity index (χ3v) is 12.7. The Hall–Kier alpha value is -2.70. The molecule has 0 aliphatic carbocycles. The van der Waals surface area contributed by atoms with Gasteiger partial charge in [0.25, 0.3) is 0 Å². The molecule has 1 aliphatic rings. The average molecular weight is 934 g/mol. The molecule has 1 saturated heterocycles. The summed E-state index contributed by atoms with van der Waals surface area (Å²) in [6, 6.07) is 0. The summed E-state index contributed by atoms with van der Waals surface area (Å²) < 4.78 is 62.2. The monoisotopic (exact) mass is 933 g/mol. The zero-order chi connectivity index (χ0) is 44.7. The molecule has 0 aromatic carbocycles. The molecule has 28 heteroatoms. The van der Waals surface area contributed by atoms with E-state index in [1.54, 1.807) is 0 Å². The maximum atomic E-state index is 12.7. The van der Waals surface area contributed by atoms with Gasteiger partial charge in [-0.25, -0.2) is 28.6 Å². The molecule has 0 saturated carbocycles. The molecule has 0 spiro atoms. The number of fused-ring (bicyclic) bond motifs is 1. The molecule has 0 bridgehead atoms. The number of carbonyl (C=O) groups is 3. The third kappa shape index (κ3) is 17.2. The molecule has 10 N–H and O–H groups in total. The fraction of sp³-hybridized carbons (Fsp3) is 0.688. The summed E-state index contributed by atoms with van der Waals surface area (Å²) in [7, 11) is -16.4. The fourth-order valence-electron chi connectivity index (χ4n) is 5.52. The third-order valence-electron chi connectivity index (χ3n) is 8.69. The Labute approximate surface area is 349 Å². The number of carbonyl (C=O) groups excluding carboxylic acids is 3. The Morgan fingerprint density at radius 2 is 1.72 bits per heavy atom. The number of anilines is 1. The molecule has 3 heterocycles. The molecule has 2 aromatic rings. The number of unbranched alkanes of at least 4 members (excludes halogenated alkanes) is 5. The van der Waals surface area contributed by atoms with E-state index in [2.05, 4.69) is 41.3 Å². The van der Waals surface area contributed by atoms with Crippen LogP contribution in [0.1, 0.15) is 78.4 Å². The molecule has 1 aliphatic heterocycles. The number of hydrogen-bond acceptors (Lipinski definition) is 18. The van der Waals surface area contributed by atoms with Gasteiger partial charge in [-0.2, -0.15) is 4.31 Å². The van der Waals surface area contributed by atoms with E-state index in [0.29, 0.717) is 12.2 Å². The van der Waals surface area contributed by atoms with Crippen molar-refractivity contribution in [3.8, 4) is 0 Å². The number of imidazole rings is 1. The van der Waals surface area contributed by atoms with Crippen LogP contribution < -0.4 is 16.4 Å². The molecule has 60 heavy (non-hydrogen) atoms. The first-order chi connectivity index (χ1) is 28.1. The van der Waals surface area contributed by atoms with Crippen LogP contribution in [0.25, 0.3) is 11.2 Å². The minimum absolute atomic E-state index is 0.0246. The maximum absolute atomic E-state index is 12.7. The highest BCUT2D eigenvalue weighted by atomic mass is 32.2. The van der Waals surface area contributed by atoms with E-state index in [4.69, 9.17) is 19.5 Å². The van der Waals surface area contributed by atoms with Crippen LogP contribution in [0.3, 0.4) is 0 Å². The number of thioether (sulfide) groups is 1. The summed E-state index contributed by atoms with van der Waals surface area (Å²) >= 11 is 1.09. The number of aliphatic hydroxyl groups is 2. The zero-order valence-corrected chi connectivity index (χ0v) is 36.7. The SMILES string of the molecule is CCCCCCC/C=C/CC(=O)SCCNC(=O)CCNC(=O)[C@H](O)C(C)(C)COP(=O)(O)OP(=O)(O)OC[C@H]1O[C@@H](n2cnc3c(N)ncnc32)[C@H](O)[C@@H]1OP(=O)(O)O. The Morgan fingerprint density at radius 3 is 2.42 bits per heavy atom. The van der Waals surface area contributed by atoms with Crippen LogP contribution >= 0.6 is 35.2 Å². The Kier molecular flexibility index (Phi) is 20.4. The van der Waals surface area contributed by atoms with Crippen LogP contribution in [-0.4, -0.2) is 123 Å². The minimum atomic E-state index is -5.57. The summed E-state index contributed by atoms with van der Waals surface area (Å²) in [4.78, 5) is 87.8. The van der Waals surface area contributed by atoms with E-state index < -0.39 is 84.6 Å². The summed E-state index contributed by atoms with van der Waals surface area (Å²) in [5, 5.41) is 26.4. The molecule has 7 atom stereocenters. The molecule has 24 nitrogen and oxygen atoms in total. The number of aromatic nitrogens is 4. The largest absolute Gasteiger partial charge is 0.481 e. The second kappa shape index (κ2) is 23.7. The maximum Gasteiger partial charge on any atom is 0.481 e. The van der Waals surface area contributed by atoms with E-state index in [1.165, 1.54) is 39.5 Å². The Bertz CT molecular complexity index is 1920. The van der Waals surface area contributed by atoms with Gasteiger partial charge in [0, 0.05) is 37.1 Å². The predicted molar refractivity (Wildman–Crippen MR) is 214 cm³/mol. The lowest BCUT2D eigenvalue weighted by molar-refractivity contribution is -0.137. The highest BCUT2D eigenvalue weighted by Crippen LogP contribution is 2.61. The van der Waals surface area contributed by atoms with Gasteiger partial charge in [-0.1, -0.05) is 70.4 Å². The van der Waals surface area contributed by atoms with Gasteiger partial charge < -0.3 is 50.9 Å². The highest BCUT2D eigenvalue weighted by Gasteiger charge is 2.50. The summed E-state index contributed by atoms with van der Waals surface area (Å²) in [5.74, 6) is -1.08. The van der Waals surface area contributed by atoms with E-state index >= 15 is 0 Å². The smallest absolute Gasteiger partial charge is 0.386 e.